The lowest BCUT2D eigenvalue weighted by Crippen LogP contribution is -2.40. The van der Waals surface area contributed by atoms with Gasteiger partial charge in [-0.2, -0.15) is 0 Å². The predicted octanol–water partition coefficient (Wildman–Crippen LogP) is 2.37. The van der Waals surface area contributed by atoms with Crippen molar-refractivity contribution < 1.29 is 0 Å². The van der Waals surface area contributed by atoms with E-state index in [-0.39, 0.29) is 0 Å². The maximum Gasteiger partial charge on any atom is 0.00817 e. The Balaban J connectivity index is 1.47. The quantitative estimate of drug-likeness (QED) is 0.694. The third-order valence-electron chi connectivity index (χ3n) is 4.64. The smallest absolute Gasteiger partial charge is 0.00817 e. The summed E-state index contributed by atoms with van der Waals surface area (Å²) < 4.78 is 0. The SMILES string of the molecule is CC(CC1CCCCN1)NCCCN1CCCCC1. The topological polar surface area (TPSA) is 27.3 Å². The number of hydrogen-bond donors (Lipinski definition) is 2. The van der Waals surface area contributed by atoms with Gasteiger partial charge in [-0.05, 0) is 78.2 Å². The van der Waals surface area contributed by atoms with E-state index in [0.29, 0.717) is 6.04 Å². The number of hydrogen-bond acceptors (Lipinski definition) is 3. The van der Waals surface area contributed by atoms with Crippen molar-refractivity contribution in [1.82, 2.24) is 15.5 Å². The molecule has 2 heterocycles. The van der Waals surface area contributed by atoms with Crippen molar-refractivity contribution in [2.24, 2.45) is 0 Å². The van der Waals surface area contributed by atoms with E-state index in [1.165, 1.54) is 84.1 Å². The van der Waals surface area contributed by atoms with Crippen LogP contribution in [0.4, 0.5) is 0 Å². The van der Waals surface area contributed by atoms with E-state index < -0.39 is 0 Å². The summed E-state index contributed by atoms with van der Waals surface area (Å²) in [6.07, 6.45) is 11.0. The van der Waals surface area contributed by atoms with Crippen LogP contribution < -0.4 is 10.6 Å². The van der Waals surface area contributed by atoms with Crippen molar-refractivity contribution in [3.8, 4) is 0 Å². The minimum atomic E-state index is 0.664. The molecule has 0 aromatic rings. The Morgan fingerprint density at radius 1 is 1.16 bits per heavy atom. The van der Waals surface area contributed by atoms with Gasteiger partial charge in [-0.25, -0.2) is 0 Å². The first-order valence-corrected chi connectivity index (χ1v) is 8.54. The first kappa shape index (κ1) is 15.3. The average molecular weight is 267 g/mol. The molecule has 0 spiro atoms. The molecule has 0 amide bonds. The summed E-state index contributed by atoms with van der Waals surface area (Å²) in [5.74, 6) is 0. The highest BCUT2D eigenvalue weighted by Gasteiger charge is 2.15. The van der Waals surface area contributed by atoms with Crippen LogP contribution in [0.5, 0.6) is 0 Å². The Morgan fingerprint density at radius 2 is 2.00 bits per heavy atom. The first-order chi connectivity index (χ1) is 9.34. The van der Waals surface area contributed by atoms with Gasteiger partial charge in [-0.15, -0.1) is 0 Å². The van der Waals surface area contributed by atoms with Gasteiger partial charge in [0.2, 0.25) is 0 Å². The Kier molecular flexibility index (Phi) is 7.18. The standard InChI is InChI=1S/C16H33N3/c1-15(14-16-8-3-4-9-18-16)17-10-7-13-19-11-5-2-6-12-19/h15-18H,2-14H2,1H3. The molecule has 2 rings (SSSR count). The highest BCUT2D eigenvalue weighted by Crippen LogP contribution is 2.12. The Morgan fingerprint density at radius 3 is 2.74 bits per heavy atom. The summed E-state index contributed by atoms with van der Waals surface area (Å²) >= 11 is 0. The molecular formula is C16H33N3. The number of nitrogens with zero attached hydrogens (tertiary/aromatic N) is 1. The number of likely N-dealkylation sites (tertiary alicyclic amines) is 1. The van der Waals surface area contributed by atoms with E-state index in [1.807, 2.05) is 0 Å². The van der Waals surface area contributed by atoms with Crippen LogP contribution in [0.15, 0.2) is 0 Å². The highest BCUT2D eigenvalue weighted by atomic mass is 15.1. The third-order valence-corrected chi connectivity index (χ3v) is 4.64. The molecule has 0 saturated carbocycles. The molecule has 2 unspecified atom stereocenters. The Bertz CT molecular complexity index is 220. The molecule has 2 atom stereocenters. The molecule has 2 fully saturated rings. The molecular weight excluding hydrogens is 234 g/mol. The van der Waals surface area contributed by atoms with Gasteiger partial charge < -0.3 is 15.5 Å². The molecule has 0 aromatic carbocycles. The number of piperidine rings is 2. The van der Waals surface area contributed by atoms with Crippen LogP contribution in [0.3, 0.4) is 0 Å². The van der Waals surface area contributed by atoms with Crippen molar-refractivity contribution in [1.29, 1.82) is 0 Å². The molecule has 0 bridgehead atoms. The molecule has 2 N–H and O–H groups in total. The summed E-state index contributed by atoms with van der Waals surface area (Å²) in [6.45, 7) is 8.72. The lowest BCUT2D eigenvalue weighted by Gasteiger charge is -2.28. The second-order valence-electron chi connectivity index (χ2n) is 6.49. The minimum absolute atomic E-state index is 0.664. The van der Waals surface area contributed by atoms with Gasteiger partial charge >= 0.3 is 0 Å². The second-order valence-corrected chi connectivity index (χ2v) is 6.49. The second kappa shape index (κ2) is 8.93. The first-order valence-electron chi connectivity index (χ1n) is 8.54. The van der Waals surface area contributed by atoms with Gasteiger partial charge in [0.1, 0.15) is 0 Å². The van der Waals surface area contributed by atoms with Gasteiger partial charge in [0.25, 0.3) is 0 Å². The fourth-order valence-electron chi connectivity index (χ4n) is 3.47. The zero-order chi connectivity index (χ0) is 13.3. The van der Waals surface area contributed by atoms with Crippen LogP contribution >= 0.6 is 0 Å². The van der Waals surface area contributed by atoms with Gasteiger partial charge in [-0.3, -0.25) is 0 Å². The lowest BCUT2D eigenvalue weighted by atomic mass is 9.99. The minimum Gasteiger partial charge on any atom is -0.314 e. The van der Waals surface area contributed by atoms with Crippen molar-refractivity contribution in [3.63, 3.8) is 0 Å². The molecule has 0 aliphatic carbocycles. The van der Waals surface area contributed by atoms with Crippen LogP contribution in [0, 0.1) is 0 Å². The van der Waals surface area contributed by atoms with E-state index in [1.54, 1.807) is 0 Å². The molecule has 0 aromatic heterocycles. The zero-order valence-corrected chi connectivity index (χ0v) is 12.8. The number of rotatable bonds is 7. The van der Waals surface area contributed by atoms with Gasteiger partial charge in [-0.1, -0.05) is 12.8 Å². The summed E-state index contributed by atoms with van der Waals surface area (Å²) in [6, 6.07) is 1.43. The lowest BCUT2D eigenvalue weighted by molar-refractivity contribution is 0.224. The maximum absolute atomic E-state index is 3.70. The summed E-state index contributed by atoms with van der Waals surface area (Å²) in [7, 11) is 0. The van der Waals surface area contributed by atoms with Crippen molar-refractivity contribution in [2.75, 3.05) is 32.7 Å². The molecule has 112 valence electrons. The largest absolute Gasteiger partial charge is 0.314 e. The zero-order valence-electron chi connectivity index (χ0n) is 12.8. The summed E-state index contributed by atoms with van der Waals surface area (Å²) in [5.41, 5.74) is 0. The van der Waals surface area contributed by atoms with Crippen molar-refractivity contribution in [2.45, 2.75) is 70.4 Å². The third kappa shape index (κ3) is 6.24. The monoisotopic (exact) mass is 267 g/mol. The van der Waals surface area contributed by atoms with Gasteiger partial charge in [0.15, 0.2) is 0 Å². The van der Waals surface area contributed by atoms with E-state index in [2.05, 4.69) is 22.5 Å². The summed E-state index contributed by atoms with van der Waals surface area (Å²) in [4.78, 5) is 2.64. The highest BCUT2D eigenvalue weighted by molar-refractivity contribution is 4.77. The van der Waals surface area contributed by atoms with Crippen LogP contribution in [0.25, 0.3) is 0 Å². The van der Waals surface area contributed by atoms with Crippen LogP contribution in [0.2, 0.25) is 0 Å². The Labute approximate surface area is 119 Å². The fourth-order valence-corrected chi connectivity index (χ4v) is 3.47. The van der Waals surface area contributed by atoms with E-state index in [9.17, 15) is 0 Å². The van der Waals surface area contributed by atoms with E-state index >= 15 is 0 Å². The molecule has 2 aliphatic rings. The molecule has 0 radical (unpaired) electrons. The molecule has 2 saturated heterocycles. The average Bonchev–Trinajstić information content (AvgIpc) is 2.46. The predicted molar refractivity (Wildman–Crippen MR) is 82.6 cm³/mol. The molecule has 3 heteroatoms. The van der Waals surface area contributed by atoms with E-state index in [4.69, 9.17) is 0 Å². The van der Waals surface area contributed by atoms with Crippen LogP contribution in [-0.4, -0.2) is 49.7 Å². The van der Waals surface area contributed by atoms with Crippen LogP contribution in [0.1, 0.15) is 58.3 Å². The van der Waals surface area contributed by atoms with E-state index in [0.717, 1.165) is 6.04 Å². The number of nitrogens with one attached hydrogen (secondary N) is 2. The molecule has 19 heavy (non-hydrogen) atoms. The Hall–Kier alpha value is -0.120. The maximum atomic E-state index is 3.70. The fraction of sp³-hybridized carbons (Fsp3) is 1.00. The molecule has 3 nitrogen and oxygen atoms in total. The molecule has 2 aliphatic heterocycles. The summed E-state index contributed by atoms with van der Waals surface area (Å²) in [5, 5.41) is 7.35. The van der Waals surface area contributed by atoms with Crippen molar-refractivity contribution in [3.05, 3.63) is 0 Å². The van der Waals surface area contributed by atoms with Gasteiger partial charge in [0, 0.05) is 12.1 Å². The van der Waals surface area contributed by atoms with Crippen molar-refractivity contribution >= 4 is 0 Å². The van der Waals surface area contributed by atoms with Gasteiger partial charge in [0.05, 0.1) is 0 Å². The van der Waals surface area contributed by atoms with Crippen LogP contribution in [-0.2, 0) is 0 Å². The normalized spacial score (nSPS) is 27.3.